The number of thiazole rings is 1. The fourth-order valence-corrected chi connectivity index (χ4v) is 6.86. The van der Waals surface area contributed by atoms with Gasteiger partial charge in [-0.25, -0.2) is 4.98 Å². The summed E-state index contributed by atoms with van der Waals surface area (Å²) in [5.41, 5.74) is 4.44. The highest BCUT2D eigenvalue weighted by Gasteiger charge is 2.53. The van der Waals surface area contributed by atoms with Crippen molar-refractivity contribution in [3.05, 3.63) is 29.8 Å². The fraction of sp³-hybridized carbons (Fsp3) is 0.560. The van der Waals surface area contributed by atoms with Gasteiger partial charge in [0.25, 0.3) is 0 Å². The lowest BCUT2D eigenvalue weighted by Gasteiger charge is -2.60. The van der Waals surface area contributed by atoms with E-state index in [1.54, 1.807) is 11.3 Å². The van der Waals surface area contributed by atoms with E-state index in [1.807, 2.05) is 5.51 Å². The smallest absolute Gasteiger partial charge is 0.226 e. The number of hydrogen-bond donors (Lipinski definition) is 3. The summed E-state index contributed by atoms with van der Waals surface area (Å²) in [7, 11) is 0. The van der Waals surface area contributed by atoms with Gasteiger partial charge in [0.2, 0.25) is 5.95 Å². The lowest BCUT2D eigenvalue weighted by atomic mass is 9.45. The molecule has 4 aliphatic rings. The average molecular weight is 464 g/mol. The average Bonchev–Trinajstić information content (AvgIpc) is 3.31. The van der Waals surface area contributed by atoms with Crippen LogP contribution < -0.4 is 20.9 Å². The van der Waals surface area contributed by atoms with Crippen LogP contribution in [0.15, 0.2) is 29.8 Å². The predicted octanol–water partition coefficient (Wildman–Crippen LogP) is 4.72. The maximum atomic E-state index is 4.93. The molecule has 3 atom stereocenters. The lowest BCUT2D eigenvalue weighted by molar-refractivity contribution is -0.100. The number of fused-ring (bicyclic) bond motifs is 3. The molecule has 4 fully saturated rings. The van der Waals surface area contributed by atoms with Crippen molar-refractivity contribution in [3.8, 4) is 0 Å². The van der Waals surface area contributed by atoms with Gasteiger partial charge in [0.05, 0.1) is 15.7 Å². The van der Waals surface area contributed by atoms with E-state index < -0.39 is 0 Å². The van der Waals surface area contributed by atoms with Crippen molar-refractivity contribution in [1.29, 1.82) is 0 Å². The third-order valence-electron chi connectivity index (χ3n) is 8.28. The minimum absolute atomic E-state index is 0.496. The van der Waals surface area contributed by atoms with Gasteiger partial charge in [-0.2, -0.15) is 9.97 Å². The molecule has 33 heavy (non-hydrogen) atoms. The largest absolute Gasteiger partial charge is 0.354 e. The van der Waals surface area contributed by atoms with E-state index in [0.29, 0.717) is 11.3 Å². The molecule has 3 saturated carbocycles. The summed E-state index contributed by atoms with van der Waals surface area (Å²) in [5.74, 6) is 5.01. The van der Waals surface area contributed by atoms with Gasteiger partial charge in [0, 0.05) is 44.5 Å². The highest BCUT2D eigenvalue weighted by Crippen LogP contribution is 2.61. The molecule has 3 heterocycles. The van der Waals surface area contributed by atoms with E-state index in [1.165, 1.54) is 24.0 Å². The van der Waals surface area contributed by atoms with Crippen LogP contribution in [0, 0.1) is 23.2 Å². The van der Waals surface area contributed by atoms with E-state index in [0.717, 1.165) is 73.3 Å². The zero-order valence-electron chi connectivity index (χ0n) is 19.5. The highest BCUT2D eigenvalue weighted by molar-refractivity contribution is 7.16. The molecule has 8 heteroatoms. The maximum Gasteiger partial charge on any atom is 0.226 e. The first-order valence-corrected chi connectivity index (χ1v) is 13.1. The van der Waals surface area contributed by atoms with Crippen LogP contribution in [-0.2, 0) is 0 Å². The molecule has 1 aliphatic heterocycles. The Morgan fingerprint density at radius 1 is 1.15 bits per heavy atom. The summed E-state index contributed by atoms with van der Waals surface area (Å²) in [6.45, 7) is 9.77. The molecule has 0 spiro atoms. The first-order valence-electron chi connectivity index (χ1n) is 12.3. The molecule has 3 N–H and O–H groups in total. The summed E-state index contributed by atoms with van der Waals surface area (Å²) >= 11 is 1.66. The predicted molar refractivity (Wildman–Crippen MR) is 137 cm³/mol. The van der Waals surface area contributed by atoms with Crippen molar-refractivity contribution in [3.63, 3.8) is 0 Å². The van der Waals surface area contributed by atoms with Gasteiger partial charge < -0.3 is 20.9 Å². The number of hydrogen-bond acceptors (Lipinski definition) is 8. The van der Waals surface area contributed by atoms with E-state index in [-0.39, 0.29) is 0 Å². The standard InChI is InChI=1S/C25H33N7S/c1-25(2)17-4-3-16(19(25)11-17)14-27-24-30-22(13-23(31-24)32-9-7-26-8-10-32)29-18-5-6-20-21(12-18)33-15-28-20/h5-6,12-13,15-17,19,26H,3-4,7-11,14H2,1-2H3,(H2,27,29,30,31). The van der Waals surface area contributed by atoms with E-state index in [4.69, 9.17) is 9.97 Å². The summed E-state index contributed by atoms with van der Waals surface area (Å²) < 4.78 is 1.17. The Kier molecular flexibility index (Phi) is 5.37. The number of nitrogens with one attached hydrogen (secondary N) is 3. The van der Waals surface area contributed by atoms with Crippen LogP contribution in [-0.4, -0.2) is 47.7 Å². The molecule has 0 radical (unpaired) electrons. The molecule has 7 nitrogen and oxygen atoms in total. The minimum atomic E-state index is 0.496. The van der Waals surface area contributed by atoms with Crippen LogP contribution in [0.2, 0.25) is 0 Å². The molecule has 174 valence electrons. The van der Waals surface area contributed by atoms with E-state index in [9.17, 15) is 0 Å². The Morgan fingerprint density at radius 3 is 2.85 bits per heavy atom. The second-order valence-electron chi connectivity index (χ2n) is 10.4. The molecule has 2 bridgehead atoms. The molecule has 3 aliphatic carbocycles. The zero-order chi connectivity index (χ0) is 22.4. The van der Waals surface area contributed by atoms with E-state index in [2.05, 4.69) is 63.9 Å². The third-order valence-corrected chi connectivity index (χ3v) is 9.07. The molecule has 3 aromatic rings. The van der Waals surface area contributed by atoms with Crippen LogP contribution in [0.25, 0.3) is 10.2 Å². The van der Waals surface area contributed by atoms with Gasteiger partial charge in [-0.3, -0.25) is 0 Å². The van der Waals surface area contributed by atoms with Crippen molar-refractivity contribution in [1.82, 2.24) is 20.3 Å². The van der Waals surface area contributed by atoms with Crippen LogP contribution >= 0.6 is 11.3 Å². The van der Waals surface area contributed by atoms with Crippen molar-refractivity contribution in [2.24, 2.45) is 23.2 Å². The molecular weight excluding hydrogens is 430 g/mol. The first-order chi connectivity index (χ1) is 16.1. The maximum absolute atomic E-state index is 4.93. The summed E-state index contributed by atoms with van der Waals surface area (Å²) in [6.07, 6.45) is 4.08. The minimum Gasteiger partial charge on any atom is -0.354 e. The monoisotopic (exact) mass is 463 g/mol. The molecule has 7 rings (SSSR count). The number of nitrogens with zero attached hydrogens (tertiary/aromatic N) is 4. The molecule has 0 amide bonds. The van der Waals surface area contributed by atoms with Gasteiger partial charge in [-0.05, 0) is 60.6 Å². The second kappa shape index (κ2) is 8.40. The number of aromatic nitrogens is 3. The van der Waals surface area contributed by atoms with Crippen LogP contribution in [0.3, 0.4) is 0 Å². The third kappa shape index (κ3) is 4.04. The molecule has 3 unspecified atom stereocenters. The van der Waals surface area contributed by atoms with Gasteiger partial charge in [-0.15, -0.1) is 11.3 Å². The summed E-state index contributed by atoms with van der Waals surface area (Å²) in [6, 6.07) is 8.35. The lowest BCUT2D eigenvalue weighted by Crippen LogP contribution is -2.53. The normalized spacial score (nSPS) is 26.1. The fourth-order valence-electron chi connectivity index (χ4n) is 6.14. The van der Waals surface area contributed by atoms with Crippen LogP contribution in [0.4, 0.5) is 23.3 Å². The Bertz CT molecular complexity index is 1130. The molecule has 1 saturated heterocycles. The van der Waals surface area contributed by atoms with Crippen molar-refractivity contribution in [2.45, 2.75) is 33.1 Å². The Hall–Kier alpha value is -2.45. The van der Waals surface area contributed by atoms with Crippen molar-refractivity contribution in [2.75, 3.05) is 48.3 Å². The zero-order valence-corrected chi connectivity index (χ0v) is 20.3. The Labute approximate surface area is 199 Å². The topological polar surface area (TPSA) is 78.0 Å². The van der Waals surface area contributed by atoms with Crippen LogP contribution in [0.1, 0.15) is 33.1 Å². The number of piperazine rings is 1. The Balaban J connectivity index is 1.23. The van der Waals surface area contributed by atoms with E-state index >= 15 is 0 Å². The van der Waals surface area contributed by atoms with Gasteiger partial charge >= 0.3 is 0 Å². The Morgan fingerprint density at radius 2 is 2.03 bits per heavy atom. The molecular formula is C25H33N7S. The van der Waals surface area contributed by atoms with Gasteiger partial charge in [0.1, 0.15) is 11.6 Å². The summed E-state index contributed by atoms with van der Waals surface area (Å²) in [5, 5.41) is 10.6. The SMILES string of the molecule is CC1(C)C2CCC(CNc3nc(Nc4ccc5ncsc5c4)cc(N4CCNCC4)n3)C1C2. The van der Waals surface area contributed by atoms with Gasteiger partial charge in [0.15, 0.2) is 0 Å². The molecule has 2 aromatic heterocycles. The highest BCUT2D eigenvalue weighted by atomic mass is 32.1. The summed E-state index contributed by atoms with van der Waals surface area (Å²) in [4.78, 5) is 16.5. The van der Waals surface area contributed by atoms with Crippen molar-refractivity contribution < 1.29 is 0 Å². The van der Waals surface area contributed by atoms with Crippen molar-refractivity contribution >= 4 is 44.8 Å². The number of anilines is 4. The quantitative estimate of drug-likeness (QED) is 0.488. The second-order valence-corrected chi connectivity index (χ2v) is 11.3. The first kappa shape index (κ1) is 21.1. The molecule has 1 aromatic carbocycles. The number of rotatable bonds is 6. The van der Waals surface area contributed by atoms with Gasteiger partial charge in [-0.1, -0.05) is 13.8 Å². The number of benzene rings is 1. The van der Waals surface area contributed by atoms with Crippen LogP contribution in [0.5, 0.6) is 0 Å².